The number of nitrogens with zero attached hydrogens (tertiary/aromatic N) is 1. The van der Waals surface area contributed by atoms with Gasteiger partial charge in [-0.25, -0.2) is 0 Å². The van der Waals surface area contributed by atoms with Gasteiger partial charge in [-0.3, -0.25) is 9.78 Å². The molecule has 0 unspecified atom stereocenters. The maximum absolute atomic E-state index is 11.0. The first-order valence-electron chi connectivity index (χ1n) is 5.68. The number of allylic oxidation sites excluding steroid dienone is 2. The smallest absolute Gasteiger partial charge is 0.150 e. The van der Waals surface area contributed by atoms with E-state index in [9.17, 15) is 4.79 Å². The van der Waals surface area contributed by atoms with Crippen molar-refractivity contribution in [3.05, 3.63) is 54.4 Å². The lowest BCUT2D eigenvalue weighted by molar-refractivity contribution is -0.103. The van der Waals surface area contributed by atoms with Crippen LogP contribution in [0.15, 0.2) is 48.8 Å². The molecule has 1 aromatic carbocycles. The van der Waals surface area contributed by atoms with Crippen molar-refractivity contribution >= 4 is 17.5 Å². The zero-order valence-corrected chi connectivity index (χ0v) is 10.1. The van der Waals surface area contributed by atoms with Gasteiger partial charge in [0, 0.05) is 34.8 Å². The number of carbonyl (C=O) groups is 1. The van der Waals surface area contributed by atoms with Crippen molar-refractivity contribution in [1.82, 2.24) is 4.98 Å². The molecule has 90 valence electrons. The minimum Gasteiger partial charge on any atom is -0.398 e. The summed E-state index contributed by atoms with van der Waals surface area (Å²) in [6, 6.07) is 9.49. The number of rotatable bonds is 3. The Hall–Kier alpha value is -2.42. The zero-order valence-electron chi connectivity index (χ0n) is 10.1. The summed E-state index contributed by atoms with van der Waals surface area (Å²) >= 11 is 0. The average Bonchev–Trinajstić information content (AvgIpc) is 2.43. The van der Waals surface area contributed by atoms with E-state index in [-0.39, 0.29) is 0 Å². The highest BCUT2D eigenvalue weighted by Crippen LogP contribution is 2.27. The third kappa shape index (κ3) is 2.30. The summed E-state index contributed by atoms with van der Waals surface area (Å²) < 4.78 is 0. The van der Waals surface area contributed by atoms with Gasteiger partial charge in [-0.05, 0) is 30.7 Å². The molecule has 0 bridgehead atoms. The Labute approximate surface area is 106 Å². The molecule has 0 spiro atoms. The first kappa shape index (κ1) is 12.0. The molecule has 0 aliphatic carbocycles. The fourth-order valence-electron chi connectivity index (χ4n) is 1.81. The lowest BCUT2D eigenvalue weighted by atomic mass is 9.99. The number of anilines is 1. The monoisotopic (exact) mass is 238 g/mol. The predicted octanol–water partition coefficient (Wildman–Crippen LogP) is 2.93. The maximum Gasteiger partial charge on any atom is 0.150 e. The molecule has 3 nitrogen and oxygen atoms in total. The van der Waals surface area contributed by atoms with Gasteiger partial charge in [-0.2, -0.15) is 0 Å². The van der Waals surface area contributed by atoms with Gasteiger partial charge >= 0.3 is 0 Å². The molecule has 0 atom stereocenters. The summed E-state index contributed by atoms with van der Waals surface area (Å²) in [5.41, 5.74) is 9.85. The Morgan fingerprint density at radius 1 is 1.28 bits per heavy atom. The highest BCUT2D eigenvalue weighted by Gasteiger charge is 2.06. The summed E-state index contributed by atoms with van der Waals surface area (Å²) in [5, 5.41) is 0. The number of pyridine rings is 1. The standard InChI is InChI=1S/C15H14N2O/c1-2-11(10-18)14-8-12(5-6-15(14)16)13-4-3-7-17-9-13/h2-10H,16H2,1H3. The van der Waals surface area contributed by atoms with E-state index in [1.165, 1.54) is 0 Å². The van der Waals surface area contributed by atoms with Crippen LogP contribution in [0.4, 0.5) is 5.69 Å². The molecule has 0 saturated carbocycles. The van der Waals surface area contributed by atoms with E-state index in [2.05, 4.69) is 4.98 Å². The summed E-state index contributed by atoms with van der Waals surface area (Å²) in [5.74, 6) is 0. The molecule has 0 aliphatic heterocycles. The second kappa shape index (κ2) is 5.27. The second-order valence-electron chi connectivity index (χ2n) is 3.91. The largest absolute Gasteiger partial charge is 0.398 e. The van der Waals surface area contributed by atoms with Crippen LogP contribution in [0.2, 0.25) is 0 Å². The van der Waals surface area contributed by atoms with Crippen LogP contribution in [0.3, 0.4) is 0 Å². The number of hydrogen-bond donors (Lipinski definition) is 1. The number of nitrogens with two attached hydrogens (primary N) is 1. The molecule has 1 heterocycles. The molecule has 0 aliphatic rings. The molecule has 2 aromatic rings. The molecular formula is C15H14N2O. The van der Waals surface area contributed by atoms with Crippen molar-refractivity contribution in [3.63, 3.8) is 0 Å². The van der Waals surface area contributed by atoms with Crippen LogP contribution in [0, 0.1) is 0 Å². The first-order valence-corrected chi connectivity index (χ1v) is 5.68. The van der Waals surface area contributed by atoms with Crippen molar-refractivity contribution in [2.45, 2.75) is 6.92 Å². The lowest BCUT2D eigenvalue weighted by Gasteiger charge is -2.08. The number of nitrogen functional groups attached to an aromatic ring is 1. The van der Waals surface area contributed by atoms with Crippen LogP contribution < -0.4 is 5.73 Å². The molecular weight excluding hydrogens is 224 g/mol. The summed E-state index contributed by atoms with van der Waals surface area (Å²) in [6.07, 6.45) is 6.08. The summed E-state index contributed by atoms with van der Waals surface area (Å²) in [4.78, 5) is 15.1. The first-order chi connectivity index (χ1) is 8.76. The Morgan fingerprint density at radius 2 is 2.11 bits per heavy atom. The third-order valence-electron chi connectivity index (χ3n) is 2.80. The molecule has 0 saturated heterocycles. The van der Waals surface area contributed by atoms with Crippen LogP contribution in [0.5, 0.6) is 0 Å². The fourth-order valence-corrected chi connectivity index (χ4v) is 1.81. The molecule has 0 fully saturated rings. The quantitative estimate of drug-likeness (QED) is 0.508. The SMILES string of the molecule is CC=C(C=O)c1cc(-c2cccnc2)ccc1N. The Morgan fingerprint density at radius 3 is 2.72 bits per heavy atom. The van der Waals surface area contributed by atoms with E-state index in [1.54, 1.807) is 18.5 Å². The highest BCUT2D eigenvalue weighted by molar-refractivity contribution is 6.09. The van der Waals surface area contributed by atoms with E-state index in [0.29, 0.717) is 11.3 Å². The summed E-state index contributed by atoms with van der Waals surface area (Å²) in [7, 11) is 0. The minimum atomic E-state index is 0.596. The molecule has 0 radical (unpaired) electrons. The number of aromatic nitrogens is 1. The lowest BCUT2D eigenvalue weighted by Crippen LogP contribution is -1.95. The summed E-state index contributed by atoms with van der Waals surface area (Å²) in [6.45, 7) is 1.82. The predicted molar refractivity (Wildman–Crippen MR) is 73.8 cm³/mol. The molecule has 18 heavy (non-hydrogen) atoms. The van der Waals surface area contributed by atoms with Crippen LogP contribution in [-0.2, 0) is 4.79 Å². The van der Waals surface area contributed by atoms with Crippen molar-refractivity contribution in [3.8, 4) is 11.1 Å². The number of carbonyl (C=O) groups excluding carboxylic acids is 1. The van der Waals surface area contributed by atoms with Gasteiger partial charge in [0.15, 0.2) is 0 Å². The van der Waals surface area contributed by atoms with Gasteiger partial charge in [-0.15, -0.1) is 0 Å². The topological polar surface area (TPSA) is 56.0 Å². The zero-order chi connectivity index (χ0) is 13.0. The highest BCUT2D eigenvalue weighted by atomic mass is 16.1. The van der Waals surface area contributed by atoms with Crippen LogP contribution in [0.1, 0.15) is 12.5 Å². The third-order valence-corrected chi connectivity index (χ3v) is 2.80. The van der Waals surface area contributed by atoms with E-state index in [4.69, 9.17) is 5.73 Å². The number of aldehydes is 1. The second-order valence-corrected chi connectivity index (χ2v) is 3.91. The van der Waals surface area contributed by atoms with Crippen molar-refractivity contribution in [1.29, 1.82) is 0 Å². The molecule has 0 amide bonds. The molecule has 1 aromatic heterocycles. The molecule has 2 N–H and O–H groups in total. The van der Waals surface area contributed by atoms with Crippen molar-refractivity contribution < 1.29 is 4.79 Å². The average molecular weight is 238 g/mol. The number of benzene rings is 1. The van der Waals surface area contributed by atoms with Gasteiger partial charge in [0.1, 0.15) is 6.29 Å². The van der Waals surface area contributed by atoms with Gasteiger partial charge in [-0.1, -0.05) is 18.2 Å². The van der Waals surface area contributed by atoms with E-state index in [0.717, 1.165) is 23.0 Å². The van der Waals surface area contributed by atoms with Crippen LogP contribution in [0.25, 0.3) is 16.7 Å². The Bertz CT molecular complexity index is 589. The van der Waals surface area contributed by atoms with Crippen molar-refractivity contribution in [2.75, 3.05) is 5.73 Å². The molecule has 3 heteroatoms. The number of hydrogen-bond acceptors (Lipinski definition) is 3. The van der Waals surface area contributed by atoms with E-state index in [1.807, 2.05) is 37.3 Å². The normalized spacial score (nSPS) is 11.3. The van der Waals surface area contributed by atoms with Gasteiger partial charge in [0.25, 0.3) is 0 Å². The maximum atomic E-state index is 11.0. The van der Waals surface area contributed by atoms with Crippen molar-refractivity contribution in [2.24, 2.45) is 0 Å². The van der Waals surface area contributed by atoms with Crippen LogP contribution in [-0.4, -0.2) is 11.3 Å². The molecule has 2 rings (SSSR count). The Kier molecular flexibility index (Phi) is 3.53. The van der Waals surface area contributed by atoms with E-state index < -0.39 is 0 Å². The van der Waals surface area contributed by atoms with Gasteiger partial charge in [0.2, 0.25) is 0 Å². The fraction of sp³-hybridized carbons (Fsp3) is 0.0667. The van der Waals surface area contributed by atoms with E-state index >= 15 is 0 Å². The minimum absolute atomic E-state index is 0.596. The van der Waals surface area contributed by atoms with Crippen LogP contribution >= 0.6 is 0 Å². The van der Waals surface area contributed by atoms with Gasteiger partial charge < -0.3 is 5.73 Å². The van der Waals surface area contributed by atoms with Gasteiger partial charge in [0.05, 0.1) is 0 Å². The Balaban J connectivity index is 2.54.